The van der Waals surface area contributed by atoms with E-state index in [0.717, 1.165) is 25.2 Å². The summed E-state index contributed by atoms with van der Waals surface area (Å²) in [5.41, 5.74) is 7.24. The normalized spacial score (nSPS) is 28.3. The summed E-state index contributed by atoms with van der Waals surface area (Å²) in [6.45, 7) is 6.55. The minimum atomic E-state index is -0.232. The van der Waals surface area contributed by atoms with Crippen molar-refractivity contribution < 1.29 is 4.39 Å². The number of piperazine rings is 1. The maximum absolute atomic E-state index is 13.4. The lowest BCUT2D eigenvalue weighted by atomic mass is 9.96. The fourth-order valence-electron chi connectivity index (χ4n) is 3.63. The van der Waals surface area contributed by atoms with Crippen LogP contribution >= 0.6 is 0 Å². The van der Waals surface area contributed by atoms with Gasteiger partial charge in [0.1, 0.15) is 5.82 Å². The Morgan fingerprint density at radius 2 is 2.10 bits per heavy atom. The summed E-state index contributed by atoms with van der Waals surface area (Å²) in [6.07, 6.45) is 3.98. The summed E-state index contributed by atoms with van der Waals surface area (Å²) in [5, 5.41) is 0. The lowest BCUT2D eigenvalue weighted by Crippen LogP contribution is -2.58. The van der Waals surface area contributed by atoms with Gasteiger partial charge in [0.05, 0.1) is 0 Å². The molecule has 2 heterocycles. The second kappa shape index (κ2) is 5.70. The molecule has 0 amide bonds. The van der Waals surface area contributed by atoms with Crippen LogP contribution in [-0.4, -0.2) is 41.5 Å². The third kappa shape index (κ3) is 2.96. The number of anilines is 1. The molecular weight excluding hydrogens is 253 g/mol. The van der Waals surface area contributed by atoms with E-state index in [1.54, 1.807) is 6.07 Å². The van der Waals surface area contributed by atoms with Crippen molar-refractivity contribution in [2.75, 3.05) is 25.4 Å². The Balaban J connectivity index is 1.70. The Morgan fingerprint density at radius 3 is 2.90 bits per heavy atom. The SMILES string of the molecule is CC1CN2CCCCC2CN1Cc1cc(N)cc(F)c1. The van der Waals surface area contributed by atoms with Crippen molar-refractivity contribution in [3.63, 3.8) is 0 Å². The van der Waals surface area contributed by atoms with Crippen LogP contribution in [0.1, 0.15) is 31.7 Å². The van der Waals surface area contributed by atoms with Gasteiger partial charge < -0.3 is 5.73 Å². The van der Waals surface area contributed by atoms with Crippen molar-refractivity contribution in [1.82, 2.24) is 9.80 Å². The van der Waals surface area contributed by atoms with Crippen LogP contribution in [0.4, 0.5) is 10.1 Å². The van der Waals surface area contributed by atoms with Crippen LogP contribution in [0, 0.1) is 5.82 Å². The fourth-order valence-corrected chi connectivity index (χ4v) is 3.63. The fraction of sp³-hybridized carbons (Fsp3) is 0.625. The summed E-state index contributed by atoms with van der Waals surface area (Å²) in [5.74, 6) is -0.232. The molecule has 2 aliphatic rings. The Kier molecular flexibility index (Phi) is 3.94. The molecule has 4 heteroatoms. The number of rotatable bonds is 2. The predicted molar refractivity (Wildman–Crippen MR) is 79.9 cm³/mol. The van der Waals surface area contributed by atoms with Crippen LogP contribution < -0.4 is 5.73 Å². The number of hydrogen-bond donors (Lipinski definition) is 1. The molecule has 3 nitrogen and oxygen atoms in total. The van der Waals surface area contributed by atoms with E-state index in [9.17, 15) is 4.39 Å². The number of nitrogen functional groups attached to an aromatic ring is 1. The topological polar surface area (TPSA) is 32.5 Å². The van der Waals surface area contributed by atoms with E-state index in [2.05, 4.69) is 16.7 Å². The highest BCUT2D eigenvalue weighted by Gasteiger charge is 2.32. The van der Waals surface area contributed by atoms with Crippen molar-refractivity contribution in [2.24, 2.45) is 0 Å². The van der Waals surface area contributed by atoms with Gasteiger partial charge in [-0.05, 0) is 50.1 Å². The molecule has 2 saturated heterocycles. The molecule has 0 aliphatic carbocycles. The molecule has 20 heavy (non-hydrogen) atoms. The molecule has 1 aromatic carbocycles. The predicted octanol–water partition coefficient (Wildman–Crippen LogP) is 2.47. The Morgan fingerprint density at radius 1 is 1.25 bits per heavy atom. The number of nitrogens with two attached hydrogens (primary N) is 1. The standard InChI is InChI=1S/C16H24FN3/c1-12-9-19-5-3-2-4-16(19)11-20(12)10-13-6-14(17)8-15(18)7-13/h6-8,12,16H,2-5,9-11,18H2,1H3. The van der Waals surface area contributed by atoms with Crippen molar-refractivity contribution in [2.45, 2.75) is 44.8 Å². The van der Waals surface area contributed by atoms with Crippen molar-refractivity contribution in [3.05, 3.63) is 29.6 Å². The molecule has 0 aromatic heterocycles. The second-order valence-corrected chi connectivity index (χ2v) is 6.32. The summed E-state index contributed by atoms with van der Waals surface area (Å²) in [6, 6.07) is 6.09. The minimum absolute atomic E-state index is 0.232. The van der Waals surface area contributed by atoms with Crippen molar-refractivity contribution >= 4 is 5.69 Å². The summed E-state index contributed by atoms with van der Waals surface area (Å²) in [4.78, 5) is 5.10. The first-order chi connectivity index (χ1) is 9.61. The van der Waals surface area contributed by atoms with E-state index >= 15 is 0 Å². The molecule has 2 unspecified atom stereocenters. The van der Waals surface area contributed by atoms with E-state index in [1.807, 2.05) is 6.07 Å². The van der Waals surface area contributed by atoms with Crippen LogP contribution in [0.3, 0.4) is 0 Å². The van der Waals surface area contributed by atoms with Crippen LogP contribution in [0.2, 0.25) is 0 Å². The zero-order valence-corrected chi connectivity index (χ0v) is 12.2. The number of benzene rings is 1. The lowest BCUT2D eigenvalue weighted by Gasteiger charge is -2.47. The third-order valence-corrected chi connectivity index (χ3v) is 4.68. The van der Waals surface area contributed by atoms with Gasteiger partial charge >= 0.3 is 0 Å². The smallest absolute Gasteiger partial charge is 0.125 e. The zero-order chi connectivity index (χ0) is 14.1. The maximum Gasteiger partial charge on any atom is 0.125 e. The molecular formula is C16H24FN3. The number of nitrogens with zero attached hydrogens (tertiary/aromatic N) is 2. The average molecular weight is 277 g/mol. The van der Waals surface area contributed by atoms with Crippen LogP contribution in [-0.2, 0) is 6.54 Å². The van der Waals surface area contributed by atoms with E-state index in [4.69, 9.17) is 5.73 Å². The summed E-state index contributed by atoms with van der Waals surface area (Å²) >= 11 is 0. The average Bonchev–Trinajstić information content (AvgIpc) is 2.38. The summed E-state index contributed by atoms with van der Waals surface area (Å²) in [7, 11) is 0. The Labute approximate surface area is 120 Å². The highest BCUT2D eigenvalue weighted by atomic mass is 19.1. The minimum Gasteiger partial charge on any atom is -0.399 e. The van der Waals surface area contributed by atoms with Crippen molar-refractivity contribution in [3.8, 4) is 0 Å². The molecule has 3 rings (SSSR count). The quantitative estimate of drug-likeness (QED) is 0.843. The molecule has 2 N–H and O–H groups in total. The van der Waals surface area contributed by atoms with Gasteiger partial charge in [0, 0.05) is 37.4 Å². The molecule has 2 atom stereocenters. The molecule has 0 spiro atoms. The van der Waals surface area contributed by atoms with Gasteiger partial charge in [-0.15, -0.1) is 0 Å². The van der Waals surface area contributed by atoms with Crippen LogP contribution in [0.5, 0.6) is 0 Å². The monoisotopic (exact) mass is 277 g/mol. The van der Waals surface area contributed by atoms with Gasteiger partial charge in [-0.25, -0.2) is 4.39 Å². The molecule has 0 radical (unpaired) electrons. The van der Waals surface area contributed by atoms with Gasteiger partial charge in [0.25, 0.3) is 0 Å². The second-order valence-electron chi connectivity index (χ2n) is 6.32. The molecule has 2 aliphatic heterocycles. The van der Waals surface area contributed by atoms with Gasteiger partial charge in [0.15, 0.2) is 0 Å². The van der Waals surface area contributed by atoms with Gasteiger partial charge in [-0.3, -0.25) is 9.80 Å². The highest BCUT2D eigenvalue weighted by molar-refractivity contribution is 5.41. The first-order valence-electron chi connectivity index (χ1n) is 7.65. The number of halogens is 1. The first kappa shape index (κ1) is 13.8. The Bertz CT molecular complexity index is 457. The maximum atomic E-state index is 13.4. The summed E-state index contributed by atoms with van der Waals surface area (Å²) < 4.78 is 13.4. The molecule has 2 fully saturated rings. The van der Waals surface area contributed by atoms with Crippen molar-refractivity contribution in [1.29, 1.82) is 0 Å². The van der Waals surface area contributed by atoms with E-state index in [-0.39, 0.29) is 5.82 Å². The number of fused-ring (bicyclic) bond motifs is 1. The van der Waals surface area contributed by atoms with E-state index in [0.29, 0.717) is 17.8 Å². The van der Waals surface area contributed by atoms with E-state index < -0.39 is 0 Å². The van der Waals surface area contributed by atoms with Crippen LogP contribution in [0.25, 0.3) is 0 Å². The lowest BCUT2D eigenvalue weighted by molar-refractivity contribution is 0.0110. The third-order valence-electron chi connectivity index (χ3n) is 4.68. The zero-order valence-electron chi connectivity index (χ0n) is 12.2. The molecule has 0 saturated carbocycles. The first-order valence-corrected chi connectivity index (χ1v) is 7.65. The van der Waals surface area contributed by atoms with Gasteiger partial charge in [-0.1, -0.05) is 6.42 Å². The number of piperidine rings is 1. The molecule has 110 valence electrons. The van der Waals surface area contributed by atoms with Gasteiger partial charge in [-0.2, -0.15) is 0 Å². The molecule has 0 bridgehead atoms. The Hall–Kier alpha value is -1.13. The largest absolute Gasteiger partial charge is 0.399 e. The number of hydrogen-bond acceptors (Lipinski definition) is 3. The highest BCUT2D eigenvalue weighted by Crippen LogP contribution is 2.25. The molecule has 1 aromatic rings. The van der Waals surface area contributed by atoms with Gasteiger partial charge in [0.2, 0.25) is 0 Å². The van der Waals surface area contributed by atoms with Crippen LogP contribution in [0.15, 0.2) is 18.2 Å². The van der Waals surface area contributed by atoms with E-state index in [1.165, 1.54) is 31.9 Å².